The lowest BCUT2D eigenvalue weighted by Gasteiger charge is -2.14. The first-order chi connectivity index (χ1) is 16.9. The van der Waals surface area contributed by atoms with Crippen LogP contribution >= 0.6 is 34.7 Å². The van der Waals surface area contributed by atoms with Gasteiger partial charge in [-0.05, 0) is 68.5 Å². The van der Waals surface area contributed by atoms with E-state index in [0.717, 1.165) is 52.7 Å². The molecule has 2 aromatic heterocycles. The summed E-state index contributed by atoms with van der Waals surface area (Å²) in [6.07, 6.45) is 4.14. The van der Waals surface area contributed by atoms with E-state index < -0.39 is 0 Å². The lowest BCUT2D eigenvalue weighted by atomic mass is 9.97. The van der Waals surface area contributed by atoms with Gasteiger partial charge in [0.1, 0.15) is 10.6 Å². The average Bonchev–Trinajstić information content (AvgIpc) is 3.22. The number of thiophene rings is 1. The molecule has 2 heterocycles. The van der Waals surface area contributed by atoms with Crippen LogP contribution in [0, 0.1) is 6.92 Å². The van der Waals surface area contributed by atoms with E-state index in [2.05, 4.69) is 5.32 Å². The molecule has 2 aromatic carbocycles. The van der Waals surface area contributed by atoms with Gasteiger partial charge in [-0.3, -0.25) is 14.2 Å². The molecule has 0 radical (unpaired) electrons. The third-order valence-electron chi connectivity index (χ3n) is 6.02. The molecule has 0 atom stereocenters. The van der Waals surface area contributed by atoms with Crippen LogP contribution in [0.5, 0.6) is 5.75 Å². The fourth-order valence-corrected chi connectivity index (χ4v) is 6.59. The van der Waals surface area contributed by atoms with Crippen molar-refractivity contribution in [3.05, 3.63) is 73.8 Å². The zero-order chi connectivity index (χ0) is 24.5. The van der Waals surface area contributed by atoms with Gasteiger partial charge < -0.3 is 10.1 Å². The van der Waals surface area contributed by atoms with Crippen molar-refractivity contribution >= 4 is 56.5 Å². The van der Waals surface area contributed by atoms with Crippen molar-refractivity contribution in [3.8, 4) is 11.4 Å². The summed E-state index contributed by atoms with van der Waals surface area (Å²) in [5.41, 5.74) is 3.42. The Kier molecular flexibility index (Phi) is 6.86. The lowest BCUT2D eigenvalue weighted by Crippen LogP contribution is -2.23. The highest BCUT2D eigenvalue weighted by molar-refractivity contribution is 7.99. The van der Waals surface area contributed by atoms with Crippen LogP contribution in [0.3, 0.4) is 0 Å². The first-order valence-corrected chi connectivity index (χ1v) is 13.5. The molecule has 35 heavy (non-hydrogen) atoms. The van der Waals surface area contributed by atoms with Gasteiger partial charge in [0.05, 0.1) is 29.6 Å². The van der Waals surface area contributed by atoms with E-state index in [9.17, 15) is 9.59 Å². The van der Waals surface area contributed by atoms with Gasteiger partial charge in [0.2, 0.25) is 5.91 Å². The second-order valence-corrected chi connectivity index (χ2v) is 10.9. The van der Waals surface area contributed by atoms with E-state index in [-0.39, 0.29) is 17.2 Å². The number of methoxy groups -OCH3 is 1. The molecule has 0 aliphatic heterocycles. The third-order valence-corrected chi connectivity index (χ3v) is 8.38. The van der Waals surface area contributed by atoms with Crippen LogP contribution in [0.25, 0.3) is 15.9 Å². The second-order valence-electron chi connectivity index (χ2n) is 8.44. The van der Waals surface area contributed by atoms with Gasteiger partial charge in [-0.15, -0.1) is 11.3 Å². The molecule has 1 amide bonds. The Balaban J connectivity index is 1.51. The van der Waals surface area contributed by atoms with Crippen LogP contribution in [0.4, 0.5) is 5.69 Å². The van der Waals surface area contributed by atoms with Crippen molar-refractivity contribution in [2.45, 2.75) is 37.8 Å². The minimum Gasteiger partial charge on any atom is -0.495 e. The number of aromatic nitrogens is 2. The minimum atomic E-state index is -0.245. The molecule has 0 spiro atoms. The summed E-state index contributed by atoms with van der Waals surface area (Å²) in [4.78, 5) is 33.5. The van der Waals surface area contributed by atoms with E-state index in [0.29, 0.717) is 21.6 Å². The van der Waals surface area contributed by atoms with Gasteiger partial charge in [0.25, 0.3) is 5.56 Å². The third kappa shape index (κ3) is 4.83. The first-order valence-electron chi connectivity index (χ1n) is 11.3. The zero-order valence-corrected chi connectivity index (χ0v) is 21.8. The van der Waals surface area contributed by atoms with E-state index >= 15 is 0 Å². The van der Waals surface area contributed by atoms with Crippen molar-refractivity contribution < 1.29 is 9.53 Å². The molecule has 4 aromatic rings. The maximum Gasteiger partial charge on any atom is 0.267 e. The predicted molar refractivity (Wildman–Crippen MR) is 144 cm³/mol. The highest BCUT2D eigenvalue weighted by atomic mass is 35.5. The fourth-order valence-electron chi connectivity index (χ4n) is 4.30. The lowest BCUT2D eigenvalue weighted by molar-refractivity contribution is -0.113. The largest absolute Gasteiger partial charge is 0.495 e. The number of benzene rings is 2. The molecular weight excluding hydrogens is 502 g/mol. The zero-order valence-electron chi connectivity index (χ0n) is 19.4. The van der Waals surface area contributed by atoms with Gasteiger partial charge in [-0.1, -0.05) is 41.1 Å². The molecule has 6 nitrogen and oxygen atoms in total. The number of nitrogens with one attached hydrogen (secondary N) is 1. The molecular formula is C26H24ClN3O3S2. The summed E-state index contributed by atoms with van der Waals surface area (Å²) in [5, 5.41) is 4.57. The summed E-state index contributed by atoms with van der Waals surface area (Å²) < 4.78 is 6.96. The standard InChI is InChI=1S/C26H24ClN3O3S2/c1-15-7-10-17(11-8-15)30-25(32)23-18-5-3-4-6-21(18)35-24(23)29-26(30)34-14-22(31)28-19-13-16(27)9-12-20(19)33-2/h7-13H,3-6,14H2,1-2H3,(H,28,31). The Morgan fingerprint density at radius 1 is 1.20 bits per heavy atom. The Labute approximate surface area is 216 Å². The number of hydrogen-bond acceptors (Lipinski definition) is 6. The highest BCUT2D eigenvalue weighted by Crippen LogP contribution is 2.35. The van der Waals surface area contributed by atoms with E-state index in [1.165, 1.54) is 23.7 Å². The smallest absolute Gasteiger partial charge is 0.267 e. The molecule has 9 heteroatoms. The van der Waals surface area contributed by atoms with Crippen molar-refractivity contribution in [2.75, 3.05) is 18.2 Å². The Morgan fingerprint density at radius 2 is 1.97 bits per heavy atom. The number of amides is 1. The molecule has 0 unspecified atom stereocenters. The molecule has 5 rings (SSSR count). The SMILES string of the molecule is COc1ccc(Cl)cc1NC(=O)CSc1nc2sc3c(c2c(=O)n1-c1ccc(C)cc1)CCCC3. The average molecular weight is 526 g/mol. The number of halogens is 1. The van der Waals surface area contributed by atoms with E-state index in [4.69, 9.17) is 21.3 Å². The molecule has 1 aliphatic carbocycles. The fraction of sp³-hybridized carbons (Fsp3) is 0.269. The monoisotopic (exact) mass is 525 g/mol. The maximum atomic E-state index is 13.8. The molecule has 1 N–H and O–H groups in total. The number of aryl methyl sites for hydroxylation is 3. The minimum absolute atomic E-state index is 0.0716. The number of carbonyl (C=O) groups is 1. The number of fused-ring (bicyclic) bond motifs is 3. The van der Waals surface area contributed by atoms with Crippen molar-refractivity contribution in [2.24, 2.45) is 0 Å². The van der Waals surface area contributed by atoms with Gasteiger partial charge in [-0.25, -0.2) is 4.98 Å². The van der Waals surface area contributed by atoms with Crippen LogP contribution in [0.1, 0.15) is 28.8 Å². The summed E-state index contributed by atoms with van der Waals surface area (Å²) in [7, 11) is 1.54. The first kappa shape index (κ1) is 23.9. The summed E-state index contributed by atoms with van der Waals surface area (Å²) in [6.45, 7) is 2.01. The maximum absolute atomic E-state index is 13.8. The number of ether oxygens (including phenoxy) is 1. The van der Waals surface area contributed by atoms with Crippen LogP contribution in [0.15, 0.2) is 52.4 Å². The number of carbonyl (C=O) groups excluding carboxylic acids is 1. The van der Waals surface area contributed by atoms with Crippen molar-refractivity contribution in [1.82, 2.24) is 9.55 Å². The highest BCUT2D eigenvalue weighted by Gasteiger charge is 2.23. The van der Waals surface area contributed by atoms with Gasteiger partial charge >= 0.3 is 0 Å². The van der Waals surface area contributed by atoms with Gasteiger partial charge in [0, 0.05) is 9.90 Å². The van der Waals surface area contributed by atoms with Crippen molar-refractivity contribution in [1.29, 1.82) is 0 Å². The summed E-state index contributed by atoms with van der Waals surface area (Å²) >= 11 is 8.93. The predicted octanol–water partition coefficient (Wildman–Crippen LogP) is 6.03. The van der Waals surface area contributed by atoms with Crippen molar-refractivity contribution in [3.63, 3.8) is 0 Å². The summed E-state index contributed by atoms with van der Waals surface area (Å²) in [5.74, 6) is 0.351. The summed E-state index contributed by atoms with van der Waals surface area (Å²) in [6, 6.07) is 12.8. The Bertz CT molecular complexity index is 1480. The topological polar surface area (TPSA) is 73.2 Å². The number of hydrogen-bond donors (Lipinski definition) is 1. The molecule has 0 fully saturated rings. The number of anilines is 1. The molecule has 0 bridgehead atoms. The van der Waals surface area contributed by atoms with Crippen LogP contribution < -0.4 is 15.6 Å². The molecule has 0 saturated carbocycles. The number of nitrogens with zero attached hydrogens (tertiary/aromatic N) is 2. The second kappa shape index (κ2) is 10.0. The van der Waals surface area contributed by atoms with Gasteiger partial charge in [-0.2, -0.15) is 0 Å². The molecule has 1 aliphatic rings. The van der Waals surface area contributed by atoms with E-state index in [1.54, 1.807) is 34.1 Å². The normalized spacial score (nSPS) is 13.0. The Hall–Kier alpha value is -2.81. The number of thioether (sulfide) groups is 1. The molecule has 180 valence electrons. The number of rotatable bonds is 6. The molecule has 0 saturated heterocycles. The van der Waals surface area contributed by atoms with E-state index in [1.807, 2.05) is 31.2 Å². The van der Waals surface area contributed by atoms with Crippen LogP contribution in [-0.2, 0) is 17.6 Å². The van der Waals surface area contributed by atoms with Gasteiger partial charge in [0.15, 0.2) is 5.16 Å². The quantitative estimate of drug-likeness (QED) is 0.246. The van der Waals surface area contributed by atoms with Crippen LogP contribution in [-0.4, -0.2) is 28.3 Å². The Morgan fingerprint density at radius 3 is 2.74 bits per heavy atom. The van der Waals surface area contributed by atoms with Crippen LogP contribution in [0.2, 0.25) is 5.02 Å².